The average Bonchev–Trinajstić information content (AvgIpc) is 2.16. The molecule has 0 fully saturated rings. The normalized spacial score (nSPS) is 10.1. The second-order valence-corrected chi connectivity index (χ2v) is 3.19. The maximum atomic E-state index is 10.6. The Morgan fingerprint density at radius 2 is 2.00 bits per heavy atom. The van der Waals surface area contributed by atoms with Gasteiger partial charge in [0.15, 0.2) is 0 Å². The second-order valence-electron chi connectivity index (χ2n) is 3.19. The van der Waals surface area contributed by atoms with Crippen LogP contribution in [0.15, 0.2) is 24.3 Å². The molecule has 0 spiro atoms. The fourth-order valence-corrected chi connectivity index (χ4v) is 1.40. The van der Waals surface area contributed by atoms with Crippen LogP contribution in [0, 0.1) is 0 Å². The highest BCUT2D eigenvalue weighted by Gasteiger charge is 2.04. The molecule has 0 saturated heterocycles. The van der Waals surface area contributed by atoms with Crippen LogP contribution in [0.2, 0.25) is 0 Å². The Hall–Kier alpha value is -1.35. The third kappa shape index (κ3) is 3.18. The lowest BCUT2D eigenvalue weighted by atomic mass is 10.0. The van der Waals surface area contributed by atoms with Crippen LogP contribution >= 0.6 is 0 Å². The summed E-state index contributed by atoms with van der Waals surface area (Å²) in [7, 11) is 1.89. The van der Waals surface area contributed by atoms with E-state index in [1.54, 1.807) is 0 Å². The van der Waals surface area contributed by atoms with E-state index in [0.717, 1.165) is 24.1 Å². The summed E-state index contributed by atoms with van der Waals surface area (Å²) in [6.07, 6.45) is 0.986. The molecule has 1 rings (SSSR count). The quantitative estimate of drug-likeness (QED) is 0.735. The van der Waals surface area contributed by atoms with Gasteiger partial charge in [0.1, 0.15) is 0 Å². The molecule has 0 atom stereocenters. The molecule has 0 aromatic heterocycles. The van der Waals surface area contributed by atoms with Crippen molar-refractivity contribution < 1.29 is 9.90 Å². The SMILES string of the molecule is CNCCc1ccccc1CC(=O)O. The smallest absolute Gasteiger partial charge is 0.307 e. The molecule has 0 aliphatic carbocycles. The Morgan fingerprint density at radius 3 is 2.57 bits per heavy atom. The monoisotopic (exact) mass is 193 g/mol. The number of carboxylic acid groups (broad SMARTS) is 1. The highest BCUT2D eigenvalue weighted by Crippen LogP contribution is 2.09. The van der Waals surface area contributed by atoms with E-state index in [0.29, 0.717) is 0 Å². The number of aliphatic carboxylic acids is 1. The zero-order valence-corrected chi connectivity index (χ0v) is 8.29. The summed E-state index contributed by atoms with van der Waals surface area (Å²) in [5.41, 5.74) is 2.03. The summed E-state index contributed by atoms with van der Waals surface area (Å²) in [5, 5.41) is 11.8. The van der Waals surface area contributed by atoms with Crippen LogP contribution in [0.5, 0.6) is 0 Å². The molecule has 0 radical (unpaired) electrons. The van der Waals surface area contributed by atoms with E-state index >= 15 is 0 Å². The van der Waals surface area contributed by atoms with Crippen molar-refractivity contribution in [3.8, 4) is 0 Å². The minimum atomic E-state index is -0.776. The largest absolute Gasteiger partial charge is 0.481 e. The van der Waals surface area contributed by atoms with Crippen LogP contribution in [0.25, 0.3) is 0 Å². The van der Waals surface area contributed by atoms with Gasteiger partial charge in [0.2, 0.25) is 0 Å². The number of benzene rings is 1. The summed E-state index contributed by atoms with van der Waals surface area (Å²) in [5.74, 6) is -0.776. The van der Waals surface area contributed by atoms with Crippen LogP contribution < -0.4 is 5.32 Å². The third-order valence-corrected chi connectivity index (χ3v) is 2.10. The van der Waals surface area contributed by atoms with Crippen molar-refractivity contribution in [3.63, 3.8) is 0 Å². The lowest BCUT2D eigenvalue weighted by Crippen LogP contribution is -2.12. The van der Waals surface area contributed by atoms with Gasteiger partial charge in [0.25, 0.3) is 0 Å². The van der Waals surface area contributed by atoms with Gasteiger partial charge in [-0.1, -0.05) is 24.3 Å². The topological polar surface area (TPSA) is 49.3 Å². The van der Waals surface area contributed by atoms with Crippen molar-refractivity contribution in [2.24, 2.45) is 0 Å². The van der Waals surface area contributed by atoms with Gasteiger partial charge in [-0.2, -0.15) is 0 Å². The molecule has 14 heavy (non-hydrogen) atoms. The average molecular weight is 193 g/mol. The molecule has 3 nitrogen and oxygen atoms in total. The van der Waals surface area contributed by atoms with Crippen LogP contribution in [-0.2, 0) is 17.6 Å². The van der Waals surface area contributed by atoms with E-state index in [2.05, 4.69) is 5.32 Å². The summed E-state index contributed by atoms with van der Waals surface area (Å²) in [6, 6.07) is 7.67. The Bertz CT molecular complexity index is 310. The predicted molar refractivity (Wildman–Crippen MR) is 55.4 cm³/mol. The minimum Gasteiger partial charge on any atom is -0.481 e. The van der Waals surface area contributed by atoms with Gasteiger partial charge in [0, 0.05) is 0 Å². The van der Waals surface area contributed by atoms with Crippen molar-refractivity contribution >= 4 is 5.97 Å². The maximum Gasteiger partial charge on any atom is 0.307 e. The van der Waals surface area contributed by atoms with Crippen molar-refractivity contribution in [1.29, 1.82) is 0 Å². The van der Waals surface area contributed by atoms with Gasteiger partial charge in [0.05, 0.1) is 6.42 Å². The highest BCUT2D eigenvalue weighted by molar-refractivity contribution is 5.70. The molecule has 3 heteroatoms. The van der Waals surface area contributed by atoms with Crippen molar-refractivity contribution in [3.05, 3.63) is 35.4 Å². The summed E-state index contributed by atoms with van der Waals surface area (Å²) in [4.78, 5) is 10.6. The van der Waals surface area contributed by atoms with Crippen molar-refractivity contribution in [2.45, 2.75) is 12.8 Å². The molecule has 0 bridgehead atoms. The molecule has 1 aromatic rings. The Kier molecular flexibility index (Phi) is 4.13. The summed E-state index contributed by atoms with van der Waals surface area (Å²) >= 11 is 0. The number of carboxylic acids is 1. The molecule has 1 aromatic carbocycles. The van der Waals surface area contributed by atoms with Gasteiger partial charge >= 0.3 is 5.97 Å². The van der Waals surface area contributed by atoms with Crippen LogP contribution in [0.4, 0.5) is 0 Å². The number of hydrogen-bond donors (Lipinski definition) is 2. The van der Waals surface area contributed by atoms with Crippen LogP contribution in [0.3, 0.4) is 0 Å². The van der Waals surface area contributed by atoms with Crippen molar-refractivity contribution in [2.75, 3.05) is 13.6 Å². The number of likely N-dealkylation sites (N-methyl/N-ethyl adjacent to an activating group) is 1. The highest BCUT2D eigenvalue weighted by atomic mass is 16.4. The Labute approximate surface area is 83.8 Å². The summed E-state index contributed by atoms with van der Waals surface area (Å²) in [6.45, 7) is 0.872. The summed E-state index contributed by atoms with van der Waals surface area (Å²) < 4.78 is 0. The first-order chi connectivity index (χ1) is 6.74. The number of carbonyl (C=O) groups is 1. The van der Waals surface area contributed by atoms with E-state index in [1.807, 2.05) is 31.3 Å². The lowest BCUT2D eigenvalue weighted by Gasteiger charge is -2.06. The molecule has 76 valence electrons. The van der Waals surface area contributed by atoms with Gasteiger partial charge in [-0.15, -0.1) is 0 Å². The van der Waals surface area contributed by atoms with E-state index in [1.165, 1.54) is 0 Å². The first kappa shape index (κ1) is 10.7. The first-order valence-electron chi connectivity index (χ1n) is 4.67. The van der Waals surface area contributed by atoms with Gasteiger partial charge < -0.3 is 10.4 Å². The molecule has 0 aliphatic heterocycles. The zero-order chi connectivity index (χ0) is 10.4. The second kappa shape index (κ2) is 5.40. The molecule has 0 saturated carbocycles. The molecule has 2 N–H and O–H groups in total. The van der Waals surface area contributed by atoms with E-state index in [4.69, 9.17) is 5.11 Å². The molecular formula is C11H15NO2. The van der Waals surface area contributed by atoms with E-state index in [-0.39, 0.29) is 6.42 Å². The van der Waals surface area contributed by atoms with Gasteiger partial charge in [-0.3, -0.25) is 4.79 Å². The van der Waals surface area contributed by atoms with Crippen molar-refractivity contribution in [1.82, 2.24) is 5.32 Å². The standard InChI is InChI=1S/C11H15NO2/c1-12-7-6-9-4-2-3-5-10(9)8-11(13)14/h2-5,12H,6-8H2,1H3,(H,13,14). The zero-order valence-electron chi connectivity index (χ0n) is 8.29. The fraction of sp³-hybridized carbons (Fsp3) is 0.364. The number of nitrogens with one attached hydrogen (secondary N) is 1. The van der Waals surface area contributed by atoms with E-state index in [9.17, 15) is 4.79 Å². The number of rotatable bonds is 5. The Balaban J connectivity index is 2.74. The molecule has 0 amide bonds. The third-order valence-electron chi connectivity index (χ3n) is 2.10. The minimum absolute atomic E-state index is 0.111. The van der Waals surface area contributed by atoms with E-state index < -0.39 is 5.97 Å². The first-order valence-corrected chi connectivity index (χ1v) is 4.67. The molecule has 0 aliphatic rings. The van der Waals surface area contributed by atoms with Gasteiger partial charge in [-0.25, -0.2) is 0 Å². The van der Waals surface area contributed by atoms with Crippen LogP contribution in [0.1, 0.15) is 11.1 Å². The maximum absolute atomic E-state index is 10.6. The predicted octanol–water partition coefficient (Wildman–Crippen LogP) is 1.08. The molecule has 0 heterocycles. The molecular weight excluding hydrogens is 178 g/mol. The lowest BCUT2D eigenvalue weighted by molar-refractivity contribution is -0.136. The fourth-order valence-electron chi connectivity index (χ4n) is 1.40. The molecule has 0 unspecified atom stereocenters. The Morgan fingerprint density at radius 1 is 1.36 bits per heavy atom. The number of hydrogen-bond acceptors (Lipinski definition) is 2. The van der Waals surface area contributed by atoms with Gasteiger partial charge in [-0.05, 0) is 31.1 Å². The van der Waals surface area contributed by atoms with Crippen LogP contribution in [-0.4, -0.2) is 24.7 Å².